The van der Waals surface area contributed by atoms with Gasteiger partial charge in [-0.3, -0.25) is 5.43 Å². The van der Waals surface area contributed by atoms with Gasteiger partial charge in [0, 0.05) is 15.3 Å². The quantitative estimate of drug-likeness (QED) is 0.436. The van der Waals surface area contributed by atoms with Gasteiger partial charge in [0.05, 0.1) is 16.8 Å². The third-order valence-electron chi connectivity index (χ3n) is 2.45. The van der Waals surface area contributed by atoms with Gasteiger partial charge in [-0.2, -0.15) is 18.3 Å². The van der Waals surface area contributed by atoms with Crippen molar-refractivity contribution in [3.8, 4) is 0 Å². The number of halogens is 5. The first-order valence-electron chi connectivity index (χ1n) is 5.64. The van der Waals surface area contributed by atoms with Gasteiger partial charge < -0.3 is 0 Å². The lowest BCUT2D eigenvalue weighted by atomic mass is 10.2. The van der Waals surface area contributed by atoms with Crippen LogP contribution in [0.5, 0.6) is 0 Å². The second kappa shape index (κ2) is 6.61. The van der Waals surface area contributed by atoms with Crippen LogP contribution in [-0.4, -0.2) is 11.2 Å². The molecule has 0 aliphatic heterocycles. The third kappa shape index (κ3) is 4.31. The highest BCUT2D eigenvalue weighted by molar-refractivity contribution is 14.1. The van der Waals surface area contributed by atoms with Gasteiger partial charge in [0.2, 0.25) is 0 Å². The molecule has 0 amide bonds. The smallest absolute Gasteiger partial charge is 0.260 e. The molecule has 0 spiro atoms. The van der Waals surface area contributed by atoms with Crippen LogP contribution >= 0.6 is 34.2 Å². The molecule has 0 fully saturated rings. The Kier molecular flexibility index (Phi) is 5.04. The Morgan fingerprint density at radius 3 is 2.62 bits per heavy atom. The fraction of sp³-hybridized carbons (Fsp3) is 0.0769. The monoisotopic (exact) mass is 425 g/mol. The van der Waals surface area contributed by atoms with Gasteiger partial charge in [-0.1, -0.05) is 29.8 Å². The van der Waals surface area contributed by atoms with E-state index < -0.39 is 11.7 Å². The van der Waals surface area contributed by atoms with E-state index >= 15 is 0 Å². The van der Waals surface area contributed by atoms with E-state index in [1.54, 1.807) is 0 Å². The summed E-state index contributed by atoms with van der Waals surface area (Å²) in [7, 11) is 0. The number of nitrogens with zero attached hydrogens (tertiary/aromatic N) is 2. The van der Waals surface area contributed by atoms with Crippen molar-refractivity contribution in [3.05, 3.63) is 56.2 Å². The molecule has 21 heavy (non-hydrogen) atoms. The number of hydrogen-bond acceptors (Lipinski definition) is 3. The lowest BCUT2D eigenvalue weighted by molar-refractivity contribution is -0.137. The first kappa shape index (κ1) is 16.0. The Labute approximate surface area is 137 Å². The molecule has 2 rings (SSSR count). The summed E-state index contributed by atoms with van der Waals surface area (Å²) in [6.07, 6.45) is -2.23. The minimum atomic E-state index is -4.47. The van der Waals surface area contributed by atoms with Crippen molar-refractivity contribution < 1.29 is 13.2 Å². The predicted molar refractivity (Wildman–Crippen MR) is 84.6 cm³/mol. The highest BCUT2D eigenvalue weighted by atomic mass is 127. The Morgan fingerprint density at radius 2 is 2.00 bits per heavy atom. The largest absolute Gasteiger partial charge is 0.417 e. The van der Waals surface area contributed by atoms with Crippen molar-refractivity contribution in [3.63, 3.8) is 0 Å². The van der Waals surface area contributed by atoms with Gasteiger partial charge in [-0.05, 0) is 34.7 Å². The molecular weight excluding hydrogens is 418 g/mol. The summed E-state index contributed by atoms with van der Waals surface area (Å²) in [4.78, 5) is 3.62. The molecule has 1 N–H and O–H groups in total. The molecule has 8 heteroatoms. The van der Waals surface area contributed by atoms with E-state index in [2.05, 4.69) is 38.1 Å². The predicted octanol–water partition coefficient (Wildman–Crippen LogP) is 4.80. The first-order chi connectivity index (χ1) is 9.88. The fourth-order valence-corrected chi connectivity index (χ4v) is 2.15. The molecule has 0 saturated carbocycles. The molecular formula is C13H8ClF3IN3. The Hall–Kier alpha value is -1.35. The van der Waals surface area contributed by atoms with Gasteiger partial charge in [0.15, 0.2) is 5.82 Å². The third-order valence-corrected chi connectivity index (χ3v) is 3.72. The summed E-state index contributed by atoms with van der Waals surface area (Å²) in [5, 5.41) is 3.77. The van der Waals surface area contributed by atoms with Crippen LogP contribution in [-0.2, 0) is 6.18 Å². The minimum absolute atomic E-state index is 0.0619. The number of alkyl halides is 3. The van der Waals surface area contributed by atoms with Crippen LogP contribution < -0.4 is 5.43 Å². The van der Waals surface area contributed by atoms with Gasteiger partial charge in [-0.25, -0.2) is 4.98 Å². The SMILES string of the molecule is FC(F)(F)c1cnc(N/N=C/c2ccccc2I)c(Cl)c1. The summed E-state index contributed by atoms with van der Waals surface area (Å²) in [6, 6.07) is 8.31. The van der Waals surface area contributed by atoms with Crippen LogP contribution in [0.15, 0.2) is 41.6 Å². The van der Waals surface area contributed by atoms with Crippen molar-refractivity contribution in [1.29, 1.82) is 0 Å². The summed E-state index contributed by atoms with van der Waals surface area (Å²) in [5.74, 6) is 0.0619. The number of hydrazone groups is 1. The molecule has 3 nitrogen and oxygen atoms in total. The van der Waals surface area contributed by atoms with E-state index in [4.69, 9.17) is 11.6 Å². The van der Waals surface area contributed by atoms with Crippen LogP contribution in [0.1, 0.15) is 11.1 Å². The number of benzene rings is 1. The van der Waals surface area contributed by atoms with Crippen molar-refractivity contribution in [2.75, 3.05) is 5.43 Å². The normalized spacial score (nSPS) is 11.9. The van der Waals surface area contributed by atoms with E-state index in [1.165, 1.54) is 6.21 Å². The number of hydrogen-bond donors (Lipinski definition) is 1. The van der Waals surface area contributed by atoms with Crippen LogP contribution in [0.2, 0.25) is 5.02 Å². The molecule has 1 aromatic carbocycles. The van der Waals surface area contributed by atoms with Crippen LogP contribution in [0.25, 0.3) is 0 Å². The van der Waals surface area contributed by atoms with Crippen LogP contribution in [0, 0.1) is 3.57 Å². The molecule has 0 aliphatic rings. The summed E-state index contributed by atoms with van der Waals surface area (Å²) in [6.45, 7) is 0. The van der Waals surface area contributed by atoms with E-state index in [0.717, 1.165) is 15.2 Å². The summed E-state index contributed by atoms with van der Waals surface area (Å²) in [5.41, 5.74) is 2.49. The maximum atomic E-state index is 12.5. The lowest BCUT2D eigenvalue weighted by Gasteiger charge is -2.08. The number of nitrogens with one attached hydrogen (secondary N) is 1. The molecule has 110 valence electrons. The Balaban J connectivity index is 2.12. The second-order valence-electron chi connectivity index (χ2n) is 3.94. The average molecular weight is 426 g/mol. The topological polar surface area (TPSA) is 37.3 Å². The van der Waals surface area contributed by atoms with Gasteiger partial charge in [0.1, 0.15) is 0 Å². The van der Waals surface area contributed by atoms with E-state index in [0.29, 0.717) is 6.20 Å². The second-order valence-corrected chi connectivity index (χ2v) is 5.51. The van der Waals surface area contributed by atoms with E-state index in [9.17, 15) is 13.2 Å². The number of aromatic nitrogens is 1. The maximum Gasteiger partial charge on any atom is 0.417 e. The van der Waals surface area contributed by atoms with Gasteiger partial charge in [-0.15, -0.1) is 0 Å². The highest BCUT2D eigenvalue weighted by Crippen LogP contribution is 2.32. The molecule has 1 aromatic heterocycles. The van der Waals surface area contributed by atoms with Crippen molar-refractivity contribution in [1.82, 2.24) is 4.98 Å². The lowest BCUT2D eigenvalue weighted by Crippen LogP contribution is -2.06. The zero-order valence-corrected chi connectivity index (χ0v) is 13.2. The minimum Gasteiger partial charge on any atom is -0.260 e. The highest BCUT2D eigenvalue weighted by Gasteiger charge is 2.31. The molecule has 1 heterocycles. The zero-order valence-electron chi connectivity index (χ0n) is 10.3. The van der Waals surface area contributed by atoms with Crippen LogP contribution in [0.3, 0.4) is 0 Å². The van der Waals surface area contributed by atoms with Crippen LogP contribution in [0.4, 0.5) is 19.0 Å². The summed E-state index contributed by atoms with van der Waals surface area (Å²) < 4.78 is 38.4. The molecule has 2 aromatic rings. The van der Waals surface area contributed by atoms with Crippen molar-refractivity contribution in [2.24, 2.45) is 5.10 Å². The Bertz CT molecular complexity index is 674. The maximum absolute atomic E-state index is 12.5. The summed E-state index contributed by atoms with van der Waals surface area (Å²) >= 11 is 7.90. The molecule has 0 radical (unpaired) electrons. The number of rotatable bonds is 3. The van der Waals surface area contributed by atoms with Gasteiger partial charge in [0.25, 0.3) is 0 Å². The molecule has 0 bridgehead atoms. The Morgan fingerprint density at radius 1 is 1.29 bits per heavy atom. The fourth-order valence-electron chi connectivity index (χ4n) is 1.42. The first-order valence-corrected chi connectivity index (χ1v) is 7.10. The molecule has 0 saturated heterocycles. The average Bonchev–Trinajstić information content (AvgIpc) is 2.41. The molecule has 0 unspecified atom stereocenters. The number of pyridine rings is 1. The van der Waals surface area contributed by atoms with Crippen molar-refractivity contribution >= 4 is 46.2 Å². The van der Waals surface area contributed by atoms with E-state index in [1.807, 2.05) is 24.3 Å². The zero-order chi connectivity index (χ0) is 15.5. The number of anilines is 1. The van der Waals surface area contributed by atoms with Crippen molar-refractivity contribution in [2.45, 2.75) is 6.18 Å². The van der Waals surface area contributed by atoms with Gasteiger partial charge >= 0.3 is 6.18 Å². The van der Waals surface area contributed by atoms with E-state index in [-0.39, 0.29) is 10.8 Å². The molecule has 0 aliphatic carbocycles. The molecule has 0 atom stereocenters. The standard InChI is InChI=1S/C13H8ClF3IN3/c14-10-5-9(13(15,16)17)7-19-12(10)21-20-6-8-3-1-2-4-11(8)18/h1-7H,(H,19,21)/b20-6+.